The molecule has 1 unspecified atom stereocenters. The zero-order valence-electron chi connectivity index (χ0n) is 12.9. The molecule has 0 aliphatic heterocycles. The molecule has 0 bridgehead atoms. The van der Waals surface area contributed by atoms with Gasteiger partial charge >= 0.3 is 0 Å². The summed E-state index contributed by atoms with van der Waals surface area (Å²) in [6, 6.07) is 5.85. The number of carbonyl (C=O) groups excluding carboxylic acids is 1. The maximum absolute atomic E-state index is 11.9. The normalized spacial score (nSPS) is 12.0. The Bertz CT molecular complexity index is 432. The molecule has 0 aliphatic carbocycles. The smallest absolute Gasteiger partial charge is 0.260 e. The number of nitrogens with one attached hydrogen (secondary N) is 1. The lowest BCUT2D eigenvalue weighted by Gasteiger charge is -2.17. The number of aryl methyl sites for hydroxylation is 1. The Kier molecular flexibility index (Phi) is 7.09. The molecular weight excluding hydrogens is 254 g/mol. The van der Waals surface area contributed by atoms with Crippen molar-refractivity contribution in [1.29, 1.82) is 0 Å². The Morgan fingerprint density at radius 2 is 2.10 bits per heavy atom. The van der Waals surface area contributed by atoms with Crippen molar-refractivity contribution in [3.8, 4) is 5.75 Å². The van der Waals surface area contributed by atoms with Gasteiger partial charge in [0.05, 0.1) is 0 Å². The molecule has 20 heavy (non-hydrogen) atoms. The van der Waals surface area contributed by atoms with Crippen LogP contribution in [0.1, 0.15) is 31.4 Å². The first kappa shape index (κ1) is 16.5. The van der Waals surface area contributed by atoms with E-state index in [1.165, 1.54) is 0 Å². The molecule has 0 radical (unpaired) electrons. The summed E-state index contributed by atoms with van der Waals surface area (Å²) < 4.78 is 10.9. The van der Waals surface area contributed by atoms with E-state index in [1.807, 2.05) is 39.0 Å². The van der Waals surface area contributed by atoms with Crippen LogP contribution in [0.3, 0.4) is 0 Å². The van der Waals surface area contributed by atoms with E-state index in [9.17, 15) is 4.79 Å². The molecule has 0 aromatic heterocycles. The van der Waals surface area contributed by atoms with Gasteiger partial charge in [-0.3, -0.25) is 4.79 Å². The van der Waals surface area contributed by atoms with Gasteiger partial charge in [-0.25, -0.2) is 0 Å². The minimum absolute atomic E-state index is 0.0950. The predicted molar refractivity (Wildman–Crippen MR) is 80.1 cm³/mol. The molecular formula is C16H25NO3. The fourth-order valence-electron chi connectivity index (χ4n) is 1.77. The third-order valence-electron chi connectivity index (χ3n) is 3.20. The highest BCUT2D eigenvalue weighted by molar-refractivity contribution is 5.80. The Hall–Kier alpha value is -1.55. The largest absolute Gasteiger partial charge is 0.481 e. The molecule has 1 rings (SSSR count). The summed E-state index contributed by atoms with van der Waals surface area (Å²) in [5.41, 5.74) is 2.23. The maximum Gasteiger partial charge on any atom is 0.260 e. The topological polar surface area (TPSA) is 47.6 Å². The minimum atomic E-state index is -0.498. The molecule has 0 spiro atoms. The molecule has 0 heterocycles. The molecule has 1 aromatic rings. The van der Waals surface area contributed by atoms with Crippen molar-refractivity contribution < 1.29 is 14.3 Å². The molecule has 1 N–H and O–H groups in total. The molecule has 0 saturated carbocycles. The predicted octanol–water partition coefficient (Wildman–Crippen LogP) is 2.61. The lowest BCUT2D eigenvalue weighted by Crippen LogP contribution is -2.37. The Balaban J connectivity index is 2.39. The van der Waals surface area contributed by atoms with Crippen LogP contribution < -0.4 is 10.1 Å². The Morgan fingerprint density at radius 3 is 2.80 bits per heavy atom. The van der Waals surface area contributed by atoms with Gasteiger partial charge < -0.3 is 14.8 Å². The van der Waals surface area contributed by atoms with Crippen LogP contribution in [0.2, 0.25) is 0 Å². The molecule has 1 aromatic carbocycles. The van der Waals surface area contributed by atoms with Gasteiger partial charge in [0.1, 0.15) is 5.75 Å². The number of benzene rings is 1. The van der Waals surface area contributed by atoms with Gasteiger partial charge in [-0.2, -0.15) is 0 Å². The molecule has 4 nitrogen and oxygen atoms in total. The zero-order valence-corrected chi connectivity index (χ0v) is 12.9. The first-order valence-corrected chi connectivity index (χ1v) is 7.14. The van der Waals surface area contributed by atoms with Crippen LogP contribution in [0.25, 0.3) is 0 Å². The fraction of sp³-hybridized carbons (Fsp3) is 0.562. The molecule has 0 fully saturated rings. The van der Waals surface area contributed by atoms with Crippen molar-refractivity contribution in [2.24, 2.45) is 0 Å². The maximum atomic E-state index is 11.9. The van der Waals surface area contributed by atoms with Crippen LogP contribution >= 0.6 is 0 Å². The van der Waals surface area contributed by atoms with Gasteiger partial charge in [0.15, 0.2) is 6.10 Å². The SMILES string of the molecule is CCOCCCNC(=O)C(C)Oc1cccc(C)c1C. The van der Waals surface area contributed by atoms with E-state index in [0.717, 1.165) is 23.3 Å². The highest BCUT2D eigenvalue weighted by atomic mass is 16.5. The van der Waals surface area contributed by atoms with E-state index in [2.05, 4.69) is 5.32 Å². The van der Waals surface area contributed by atoms with Crippen LogP contribution in [-0.2, 0) is 9.53 Å². The second-order valence-electron chi connectivity index (χ2n) is 4.80. The summed E-state index contributed by atoms with van der Waals surface area (Å²) in [4.78, 5) is 11.9. The average Bonchev–Trinajstić information content (AvgIpc) is 2.43. The first-order chi connectivity index (χ1) is 9.56. The second kappa shape index (κ2) is 8.59. The van der Waals surface area contributed by atoms with Crippen LogP contribution in [0, 0.1) is 13.8 Å². The third kappa shape index (κ3) is 5.21. The zero-order chi connectivity index (χ0) is 15.0. The number of ether oxygens (including phenoxy) is 2. The van der Waals surface area contributed by atoms with Crippen LogP contribution in [-0.4, -0.2) is 31.8 Å². The van der Waals surface area contributed by atoms with Crippen molar-refractivity contribution >= 4 is 5.91 Å². The molecule has 1 atom stereocenters. The number of hydrogen-bond donors (Lipinski definition) is 1. The highest BCUT2D eigenvalue weighted by Crippen LogP contribution is 2.21. The fourth-order valence-corrected chi connectivity index (χ4v) is 1.77. The molecule has 0 saturated heterocycles. The van der Waals surface area contributed by atoms with Gasteiger partial charge in [0.2, 0.25) is 0 Å². The Morgan fingerprint density at radius 1 is 1.35 bits per heavy atom. The lowest BCUT2D eigenvalue weighted by molar-refractivity contribution is -0.127. The van der Waals surface area contributed by atoms with Crippen molar-refractivity contribution in [3.63, 3.8) is 0 Å². The summed E-state index contributed by atoms with van der Waals surface area (Å²) in [6.45, 7) is 9.73. The second-order valence-corrected chi connectivity index (χ2v) is 4.80. The number of amides is 1. The van der Waals surface area contributed by atoms with Crippen LogP contribution in [0.5, 0.6) is 5.75 Å². The molecule has 112 valence electrons. The summed E-state index contributed by atoms with van der Waals surface area (Å²) in [6.07, 6.45) is 0.318. The summed E-state index contributed by atoms with van der Waals surface area (Å²) in [5, 5.41) is 2.85. The van der Waals surface area contributed by atoms with Crippen LogP contribution in [0.4, 0.5) is 0 Å². The van der Waals surface area contributed by atoms with Gasteiger partial charge in [0, 0.05) is 19.8 Å². The number of hydrogen-bond acceptors (Lipinski definition) is 3. The summed E-state index contributed by atoms with van der Waals surface area (Å²) in [5.74, 6) is 0.671. The van der Waals surface area contributed by atoms with E-state index >= 15 is 0 Å². The van der Waals surface area contributed by atoms with E-state index in [-0.39, 0.29) is 5.91 Å². The monoisotopic (exact) mass is 279 g/mol. The van der Waals surface area contributed by atoms with Gasteiger partial charge in [0.25, 0.3) is 5.91 Å². The summed E-state index contributed by atoms with van der Waals surface area (Å²) in [7, 11) is 0. The van der Waals surface area contributed by atoms with E-state index in [4.69, 9.17) is 9.47 Å². The lowest BCUT2D eigenvalue weighted by atomic mass is 10.1. The highest BCUT2D eigenvalue weighted by Gasteiger charge is 2.15. The van der Waals surface area contributed by atoms with Crippen molar-refractivity contribution in [1.82, 2.24) is 5.32 Å². The number of rotatable bonds is 8. The third-order valence-corrected chi connectivity index (χ3v) is 3.20. The summed E-state index contributed by atoms with van der Waals surface area (Å²) >= 11 is 0. The van der Waals surface area contributed by atoms with Gasteiger partial charge in [-0.15, -0.1) is 0 Å². The molecule has 4 heteroatoms. The van der Waals surface area contributed by atoms with Crippen molar-refractivity contribution in [2.45, 2.75) is 40.2 Å². The van der Waals surface area contributed by atoms with Gasteiger partial charge in [-0.1, -0.05) is 12.1 Å². The minimum Gasteiger partial charge on any atom is -0.481 e. The van der Waals surface area contributed by atoms with Crippen LogP contribution in [0.15, 0.2) is 18.2 Å². The average molecular weight is 279 g/mol. The Labute approximate surface area is 121 Å². The van der Waals surface area contributed by atoms with E-state index < -0.39 is 6.10 Å². The van der Waals surface area contributed by atoms with Crippen molar-refractivity contribution in [3.05, 3.63) is 29.3 Å². The molecule has 0 aliphatic rings. The van der Waals surface area contributed by atoms with Crippen molar-refractivity contribution in [2.75, 3.05) is 19.8 Å². The van der Waals surface area contributed by atoms with Gasteiger partial charge in [-0.05, 0) is 51.3 Å². The first-order valence-electron chi connectivity index (χ1n) is 7.14. The molecule has 1 amide bonds. The quantitative estimate of drug-likeness (QED) is 0.744. The number of carbonyl (C=O) groups is 1. The standard InChI is InChI=1S/C16H25NO3/c1-5-19-11-7-10-17-16(18)14(4)20-15-9-6-8-12(2)13(15)3/h6,8-9,14H,5,7,10-11H2,1-4H3,(H,17,18). The van der Waals surface area contributed by atoms with E-state index in [0.29, 0.717) is 19.8 Å². The van der Waals surface area contributed by atoms with E-state index in [1.54, 1.807) is 6.92 Å².